The van der Waals surface area contributed by atoms with E-state index in [1.165, 1.54) is 0 Å². The molecule has 0 saturated carbocycles. The molecule has 1 heterocycles. The van der Waals surface area contributed by atoms with Crippen molar-refractivity contribution in [1.82, 2.24) is 10.3 Å². The normalized spacial score (nSPS) is 11.2. The van der Waals surface area contributed by atoms with Gasteiger partial charge in [-0.05, 0) is 44.0 Å². The Morgan fingerprint density at radius 3 is 1.92 bits per heavy atom. The molecule has 3 aromatic rings. The van der Waals surface area contributed by atoms with Crippen molar-refractivity contribution >= 4 is 5.91 Å². The second kappa shape index (κ2) is 6.89. The number of hydrogen-bond acceptors (Lipinski definition) is 2. The van der Waals surface area contributed by atoms with E-state index in [0.717, 1.165) is 22.4 Å². The van der Waals surface area contributed by atoms with Gasteiger partial charge in [0.2, 0.25) is 0 Å². The Hall–Kier alpha value is -2.94. The third-order valence-corrected chi connectivity index (χ3v) is 3.72. The highest BCUT2D eigenvalue weighted by Crippen LogP contribution is 2.26. The van der Waals surface area contributed by atoms with Gasteiger partial charge in [-0.2, -0.15) is 0 Å². The molecule has 0 bridgehead atoms. The predicted molar refractivity (Wildman–Crippen MR) is 102 cm³/mol. The summed E-state index contributed by atoms with van der Waals surface area (Å²) in [6.07, 6.45) is 0. The van der Waals surface area contributed by atoms with Crippen molar-refractivity contribution in [3.8, 4) is 22.4 Å². The molecule has 25 heavy (non-hydrogen) atoms. The second-order valence-corrected chi connectivity index (χ2v) is 7.06. The van der Waals surface area contributed by atoms with Gasteiger partial charge in [0.05, 0.1) is 5.69 Å². The molecule has 2 aromatic carbocycles. The minimum Gasteiger partial charge on any atom is -0.346 e. The third kappa shape index (κ3) is 4.32. The lowest BCUT2D eigenvalue weighted by Crippen LogP contribution is -2.41. The number of carbonyl (C=O) groups excluding carboxylic acids is 1. The van der Waals surface area contributed by atoms with E-state index >= 15 is 0 Å². The van der Waals surface area contributed by atoms with Crippen LogP contribution in [0.1, 0.15) is 31.3 Å². The maximum absolute atomic E-state index is 12.7. The summed E-state index contributed by atoms with van der Waals surface area (Å²) in [5.41, 5.74) is 3.94. The Labute approximate surface area is 148 Å². The number of nitrogens with zero attached hydrogens (tertiary/aromatic N) is 1. The molecule has 0 unspecified atom stereocenters. The van der Waals surface area contributed by atoms with Gasteiger partial charge in [0.25, 0.3) is 5.91 Å². The number of carbonyl (C=O) groups is 1. The zero-order chi connectivity index (χ0) is 17.9. The van der Waals surface area contributed by atoms with Crippen LogP contribution in [0.2, 0.25) is 0 Å². The second-order valence-electron chi connectivity index (χ2n) is 7.06. The summed E-state index contributed by atoms with van der Waals surface area (Å²) in [5, 5.41) is 2.99. The molecule has 0 fully saturated rings. The van der Waals surface area contributed by atoms with Crippen LogP contribution in [0.15, 0.2) is 72.8 Å². The molecule has 3 heteroatoms. The number of rotatable bonds is 3. The minimum absolute atomic E-state index is 0.164. The first-order chi connectivity index (χ1) is 11.9. The summed E-state index contributed by atoms with van der Waals surface area (Å²) in [5.74, 6) is -0.164. The van der Waals surface area contributed by atoms with E-state index in [0.29, 0.717) is 5.69 Å². The van der Waals surface area contributed by atoms with Crippen LogP contribution >= 0.6 is 0 Å². The molecule has 0 aliphatic heterocycles. The summed E-state index contributed by atoms with van der Waals surface area (Å²) < 4.78 is 0. The molecule has 1 N–H and O–H groups in total. The van der Waals surface area contributed by atoms with Gasteiger partial charge in [-0.1, -0.05) is 60.7 Å². The quantitative estimate of drug-likeness (QED) is 0.739. The molecule has 0 aliphatic carbocycles. The van der Waals surface area contributed by atoms with E-state index in [2.05, 4.69) is 10.3 Å². The summed E-state index contributed by atoms with van der Waals surface area (Å²) in [6, 6.07) is 23.8. The number of hydrogen-bond donors (Lipinski definition) is 1. The van der Waals surface area contributed by atoms with Gasteiger partial charge in [0.1, 0.15) is 5.69 Å². The van der Waals surface area contributed by atoms with Crippen LogP contribution in [0, 0.1) is 0 Å². The fourth-order valence-electron chi connectivity index (χ4n) is 2.61. The highest BCUT2D eigenvalue weighted by molar-refractivity contribution is 5.95. The van der Waals surface area contributed by atoms with Gasteiger partial charge < -0.3 is 5.32 Å². The Morgan fingerprint density at radius 2 is 1.36 bits per heavy atom. The van der Waals surface area contributed by atoms with Gasteiger partial charge in [-0.15, -0.1) is 0 Å². The van der Waals surface area contributed by atoms with Gasteiger partial charge in [-0.3, -0.25) is 4.79 Å². The molecule has 3 rings (SSSR count). The van der Waals surface area contributed by atoms with E-state index in [-0.39, 0.29) is 11.4 Å². The molecular formula is C22H22N2O. The van der Waals surface area contributed by atoms with E-state index < -0.39 is 0 Å². The smallest absolute Gasteiger partial charge is 0.270 e. The van der Waals surface area contributed by atoms with Crippen molar-refractivity contribution < 1.29 is 4.79 Å². The zero-order valence-electron chi connectivity index (χ0n) is 14.8. The van der Waals surface area contributed by atoms with Crippen molar-refractivity contribution in [3.63, 3.8) is 0 Å². The van der Waals surface area contributed by atoms with Crippen LogP contribution in [0.3, 0.4) is 0 Å². The fraction of sp³-hybridized carbons (Fsp3) is 0.182. The SMILES string of the molecule is CC(C)(C)NC(=O)c1cc(-c2ccccc2)cc(-c2ccccc2)n1. The van der Waals surface area contributed by atoms with E-state index in [1.54, 1.807) is 0 Å². The van der Waals surface area contributed by atoms with Gasteiger partial charge in [-0.25, -0.2) is 4.98 Å². The van der Waals surface area contributed by atoms with Crippen molar-refractivity contribution in [2.24, 2.45) is 0 Å². The number of benzene rings is 2. The van der Waals surface area contributed by atoms with Crippen molar-refractivity contribution in [3.05, 3.63) is 78.5 Å². The van der Waals surface area contributed by atoms with Crippen LogP contribution in [0.25, 0.3) is 22.4 Å². The first-order valence-corrected chi connectivity index (χ1v) is 8.38. The summed E-state index contributed by atoms with van der Waals surface area (Å²) in [4.78, 5) is 17.3. The van der Waals surface area contributed by atoms with Crippen molar-refractivity contribution in [2.75, 3.05) is 0 Å². The molecule has 0 saturated heterocycles. The Balaban J connectivity index is 2.10. The molecular weight excluding hydrogens is 308 g/mol. The van der Waals surface area contributed by atoms with Crippen molar-refractivity contribution in [2.45, 2.75) is 26.3 Å². The molecule has 0 aliphatic rings. The zero-order valence-corrected chi connectivity index (χ0v) is 14.8. The number of amides is 1. The van der Waals surface area contributed by atoms with Crippen LogP contribution in [-0.4, -0.2) is 16.4 Å². The van der Waals surface area contributed by atoms with Gasteiger partial charge >= 0.3 is 0 Å². The molecule has 1 aromatic heterocycles. The van der Waals surface area contributed by atoms with Crippen LogP contribution in [0.5, 0.6) is 0 Å². The van der Waals surface area contributed by atoms with Crippen LogP contribution in [-0.2, 0) is 0 Å². The molecule has 0 radical (unpaired) electrons. The average Bonchev–Trinajstić information content (AvgIpc) is 2.61. The first-order valence-electron chi connectivity index (χ1n) is 8.38. The standard InChI is InChI=1S/C22H22N2O/c1-22(2,3)24-21(25)20-15-18(16-10-6-4-7-11-16)14-19(23-20)17-12-8-5-9-13-17/h4-15H,1-3H3,(H,24,25). The first kappa shape index (κ1) is 16.9. The topological polar surface area (TPSA) is 42.0 Å². The summed E-state index contributed by atoms with van der Waals surface area (Å²) >= 11 is 0. The largest absolute Gasteiger partial charge is 0.346 e. The van der Waals surface area contributed by atoms with E-state index in [1.807, 2.05) is 93.6 Å². The average molecular weight is 330 g/mol. The predicted octanol–water partition coefficient (Wildman–Crippen LogP) is 4.94. The lowest BCUT2D eigenvalue weighted by Gasteiger charge is -2.20. The number of pyridine rings is 1. The van der Waals surface area contributed by atoms with Gasteiger partial charge in [0, 0.05) is 11.1 Å². The summed E-state index contributed by atoms with van der Waals surface area (Å²) in [7, 11) is 0. The molecule has 0 atom stereocenters. The maximum Gasteiger partial charge on any atom is 0.270 e. The molecule has 0 spiro atoms. The lowest BCUT2D eigenvalue weighted by molar-refractivity contribution is 0.0914. The highest BCUT2D eigenvalue weighted by Gasteiger charge is 2.18. The summed E-state index contributed by atoms with van der Waals surface area (Å²) in [6.45, 7) is 5.89. The third-order valence-electron chi connectivity index (χ3n) is 3.72. The lowest BCUT2D eigenvalue weighted by atomic mass is 10.0. The van der Waals surface area contributed by atoms with Crippen molar-refractivity contribution in [1.29, 1.82) is 0 Å². The number of aromatic nitrogens is 1. The number of nitrogens with one attached hydrogen (secondary N) is 1. The van der Waals surface area contributed by atoms with Crippen LogP contribution < -0.4 is 5.32 Å². The molecule has 126 valence electrons. The molecule has 1 amide bonds. The van der Waals surface area contributed by atoms with E-state index in [4.69, 9.17) is 0 Å². The molecule has 3 nitrogen and oxygen atoms in total. The van der Waals surface area contributed by atoms with Gasteiger partial charge in [0.15, 0.2) is 0 Å². The minimum atomic E-state index is -0.311. The fourth-order valence-corrected chi connectivity index (χ4v) is 2.61. The Bertz CT molecular complexity index is 808. The highest BCUT2D eigenvalue weighted by atomic mass is 16.2. The monoisotopic (exact) mass is 330 g/mol. The maximum atomic E-state index is 12.7. The Morgan fingerprint density at radius 1 is 0.800 bits per heavy atom. The Kier molecular flexibility index (Phi) is 4.66. The van der Waals surface area contributed by atoms with E-state index in [9.17, 15) is 4.79 Å². The van der Waals surface area contributed by atoms with Crippen LogP contribution in [0.4, 0.5) is 0 Å².